The monoisotopic (exact) mass is 261 g/mol. The molecule has 1 aliphatic rings. The Morgan fingerprint density at radius 2 is 1.89 bits per heavy atom. The minimum atomic E-state index is -0.367. The highest BCUT2D eigenvalue weighted by Gasteiger charge is 2.21. The molecule has 0 radical (unpaired) electrons. The van der Waals surface area contributed by atoms with Gasteiger partial charge in [0.1, 0.15) is 11.5 Å². The Morgan fingerprint density at radius 3 is 2.56 bits per heavy atom. The summed E-state index contributed by atoms with van der Waals surface area (Å²) in [5, 5.41) is 10.6. The standard InChI is InChI=1S/C13H13N2O2S/c16-15(17)12-7-5-11(6-8-12)14-9-10-3-1-2-4-13(10)18-14/h5-9H,1-4H2/q+1. The van der Waals surface area contributed by atoms with E-state index in [9.17, 15) is 10.1 Å². The Labute approximate surface area is 109 Å². The van der Waals surface area contributed by atoms with Crippen molar-refractivity contribution in [2.75, 3.05) is 0 Å². The fourth-order valence-corrected chi connectivity index (χ4v) is 3.43. The molecule has 0 unspecified atom stereocenters. The molecule has 1 heterocycles. The van der Waals surface area contributed by atoms with Gasteiger partial charge in [0.25, 0.3) is 5.69 Å². The fourth-order valence-electron chi connectivity index (χ4n) is 2.28. The number of nitrogens with zero attached hydrogens (tertiary/aromatic N) is 2. The largest absolute Gasteiger partial charge is 0.269 e. The first kappa shape index (κ1) is 11.3. The maximum absolute atomic E-state index is 10.6. The molecule has 0 fully saturated rings. The molecule has 0 aliphatic heterocycles. The topological polar surface area (TPSA) is 47.0 Å². The summed E-state index contributed by atoms with van der Waals surface area (Å²) in [6.45, 7) is 0. The van der Waals surface area contributed by atoms with Crippen molar-refractivity contribution in [1.82, 2.24) is 0 Å². The normalized spacial score (nSPS) is 14.2. The second kappa shape index (κ2) is 4.49. The van der Waals surface area contributed by atoms with Gasteiger partial charge in [-0.1, -0.05) is 0 Å². The molecule has 0 saturated heterocycles. The van der Waals surface area contributed by atoms with Crippen LogP contribution in [0.1, 0.15) is 23.3 Å². The van der Waals surface area contributed by atoms with Crippen molar-refractivity contribution < 1.29 is 8.88 Å². The van der Waals surface area contributed by atoms with E-state index in [2.05, 4.69) is 10.2 Å². The Balaban J connectivity index is 1.94. The molecule has 0 N–H and O–H groups in total. The summed E-state index contributed by atoms with van der Waals surface area (Å²) in [6, 6.07) is 6.72. The Kier molecular flexibility index (Phi) is 2.83. The van der Waals surface area contributed by atoms with Gasteiger partial charge in [0.05, 0.1) is 9.80 Å². The van der Waals surface area contributed by atoms with Crippen LogP contribution in [0, 0.1) is 10.1 Å². The van der Waals surface area contributed by atoms with E-state index in [1.807, 2.05) is 0 Å². The number of nitro benzene ring substituents is 1. The van der Waals surface area contributed by atoms with Gasteiger partial charge in [-0.2, -0.15) is 0 Å². The van der Waals surface area contributed by atoms with Gasteiger partial charge in [-0.25, -0.2) is 0 Å². The highest BCUT2D eigenvalue weighted by molar-refractivity contribution is 7.02. The van der Waals surface area contributed by atoms with Crippen LogP contribution in [0.25, 0.3) is 5.69 Å². The number of rotatable bonds is 2. The van der Waals surface area contributed by atoms with Gasteiger partial charge in [0.2, 0.25) is 5.69 Å². The third-order valence-electron chi connectivity index (χ3n) is 3.25. The molecule has 1 aromatic heterocycles. The molecular formula is C13H13N2O2S+. The van der Waals surface area contributed by atoms with Crippen molar-refractivity contribution in [1.29, 1.82) is 0 Å². The molecule has 5 heteroatoms. The van der Waals surface area contributed by atoms with Gasteiger partial charge in [-0.15, -0.1) is 3.96 Å². The molecule has 2 aromatic rings. The second-order valence-electron chi connectivity index (χ2n) is 4.48. The predicted molar refractivity (Wildman–Crippen MR) is 69.1 cm³/mol. The van der Waals surface area contributed by atoms with E-state index >= 15 is 0 Å². The molecule has 1 aromatic carbocycles. The smallest absolute Gasteiger partial charge is 0.258 e. The van der Waals surface area contributed by atoms with E-state index in [-0.39, 0.29) is 10.6 Å². The van der Waals surface area contributed by atoms with Crippen LogP contribution in [0.2, 0.25) is 0 Å². The van der Waals surface area contributed by atoms with E-state index in [1.54, 1.807) is 35.8 Å². The lowest BCUT2D eigenvalue weighted by molar-refractivity contribution is -0.520. The van der Waals surface area contributed by atoms with Crippen molar-refractivity contribution >= 4 is 17.2 Å². The minimum absolute atomic E-state index is 0.140. The van der Waals surface area contributed by atoms with E-state index in [1.165, 1.54) is 29.7 Å². The highest BCUT2D eigenvalue weighted by atomic mass is 32.1. The summed E-state index contributed by atoms with van der Waals surface area (Å²) in [5.41, 5.74) is 2.57. The summed E-state index contributed by atoms with van der Waals surface area (Å²) in [4.78, 5) is 11.7. The minimum Gasteiger partial charge on any atom is -0.258 e. The first-order valence-corrected chi connectivity index (χ1v) is 6.80. The van der Waals surface area contributed by atoms with Crippen LogP contribution in [0.15, 0.2) is 30.5 Å². The highest BCUT2D eigenvalue weighted by Crippen LogP contribution is 2.24. The fraction of sp³-hybridized carbons (Fsp3) is 0.308. The molecule has 1 aliphatic carbocycles. The van der Waals surface area contributed by atoms with Crippen LogP contribution >= 0.6 is 11.5 Å². The van der Waals surface area contributed by atoms with Crippen molar-refractivity contribution in [2.45, 2.75) is 25.7 Å². The van der Waals surface area contributed by atoms with Gasteiger partial charge >= 0.3 is 0 Å². The molecule has 18 heavy (non-hydrogen) atoms. The zero-order valence-corrected chi connectivity index (χ0v) is 10.7. The molecule has 0 spiro atoms. The van der Waals surface area contributed by atoms with Crippen LogP contribution in [-0.4, -0.2) is 4.92 Å². The van der Waals surface area contributed by atoms with Crippen LogP contribution in [-0.2, 0) is 12.8 Å². The lowest BCUT2D eigenvalue weighted by Gasteiger charge is -2.04. The first-order chi connectivity index (χ1) is 8.74. The molecule has 92 valence electrons. The summed E-state index contributed by atoms with van der Waals surface area (Å²) in [7, 11) is 0. The van der Waals surface area contributed by atoms with Gasteiger partial charge < -0.3 is 0 Å². The first-order valence-electron chi connectivity index (χ1n) is 6.02. The molecular weight excluding hydrogens is 248 g/mol. The summed E-state index contributed by atoms with van der Waals surface area (Å²) < 4.78 is 2.11. The third kappa shape index (κ3) is 2.01. The van der Waals surface area contributed by atoms with Gasteiger partial charge in [0.15, 0.2) is 6.20 Å². The molecule has 0 amide bonds. The summed E-state index contributed by atoms with van der Waals surface area (Å²) in [5.74, 6) is 0. The maximum atomic E-state index is 10.6. The Morgan fingerprint density at radius 1 is 1.17 bits per heavy atom. The Bertz CT molecular complexity index is 566. The molecule has 4 nitrogen and oxygen atoms in total. The number of aromatic nitrogens is 1. The molecule has 0 bridgehead atoms. The van der Waals surface area contributed by atoms with Crippen molar-refractivity contribution in [2.24, 2.45) is 0 Å². The lowest BCUT2D eigenvalue weighted by atomic mass is 10.0. The maximum Gasteiger partial charge on any atom is 0.269 e. The molecule has 0 saturated carbocycles. The van der Waals surface area contributed by atoms with Crippen LogP contribution in [0.4, 0.5) is 5.69 Å². The number of hydrogen-bond donors (Lipinski definition) is 0. The van der Waals surface area contributed by atoms with Crippen molar-refractivity contribution in [3.63, 3.8) is 0 Å². The number of non-ortho nitro benzene ring substituents is 1. The number of nitro groups is 1. The Hall–Kier alpha value is -1.75. The van der Waals surface area contributed by atoms with Crippen LogP contribution in [0.5, 0.6) is 0 Å². The summed E-state index contributed by atoms with van der Waals surface area (Å²) in [6.07, 6.45) is 7.03. The zero-order valence-electron chi connectivity index (χ0n) is 9.83. The van der Waals surface area contributed by atoms with Gasteiger partial charge in [-0.05, 0) is 25.7 Å². The van der Waals surface area contributed by atoms with E-state index in [0.29, 0.717) is 0 Å². The van der Waals surface area contributed by atoms with Gasteiger partial charge in [-0.3, -0.25) is 10.1 Å². The van der Waals surface area contributed by atoms with Crippen molar-refractivity contribution in [3.8, 4) is 5.69 Å². The van der Waals surface area contributed by atoms with Crippen LogP contribution < -0.4 is 3.96 Å². The third-order valence-corrected chi connectivity index (χ3v) is 4.45. The van der Waals surface area contributed by atoms with E-state index in [0.717, 1.165) is 12.1 Å². The second-order valence-corrected chi connectivity index (χ2v) is 5.54. The number of aryl methyl sites for hydroxylation is 2. The summed E-state index contributed by atoms with van der Waals surface area (Å²) >= 11 is 1.75. The average molecular weight is 261 g/mol. The molecule has 3 rings (SSSR count). The molecule has 0 atom stereocenters. The SMILES string of the molecule is O=[N+]([O-])c1ccc(-[n+]2cc3c(s2)CCCC3)cc1. The predicted octanol–water partition coefficient (Wildman–Crippen LogP) is 2.81. The quantitative estimate of drug-likeness (QED) is 0.474. The average Bonchev–Trinajstić information content (AvgIpc) is 2.82. The zero-order chi connectivity index (χ0) is 12.5. The number of hydrogen-bond acceptors (Lipinski definition) is 3. The number of fused-ring (bicyclic) bond motifs is 1. The number of benzene rings is 1. The van der Waals surface area contributed by atoms with Crippen LogP contribution in [0.3, 0.4) is 0 Å². The van der Waals surface area contributed by atoms with E-state index in [4.69, 9.17) is 0 Å². The van der Waals surface area contributed by atoms with Gasteiger partial charge in [0, 0.05) is 29.8 Å². The van der Waals surface area contributed by atoms with E-state index < -0.39 is 0 Å². The lowest BCUT2D eigenvalue weighted by Crippen LogP contribution is -2.23. The van der Waals surface area contributed by atoms with Crippen molar-refractivity contribution in [3.05, 3.63) is 51.0 Å².